The van der Waals surface area contributed by atoms with Crippen LogP contribution in [-0.2, 0) is 6.42 Å². The number of H-pyrrole nitrogens is 2. The van der Waals surface area contributed by atoms with Crippen LogP contribution >= 0.6 is 0 Å². The number of nitrogens with one attached hydrogen (secondary N) is 2. The zero-order valence-electron chi connectivity index (χ0n) is 16.2. The molecule has 0 amide bonds. The first-order chi connectivity index (χ1) is 13.1. The van der Waals surface area contributed by atoms with Gasteiger partial charge in [0, 0.05) is 32.6 Å². The number of benzene rings is 3. The summed E-state index contributed by atoms with van der Waals surface area (Å²) in [6.07, 6.45) is 2.22. The van der Waals surface area contributed by atoms with Crippen LogP contribution in [0, 0.1) is 6.92 Å². The van der Waals surface area contributed by atoms with Gasteiger partial charge in [0.2, 0.25) is 0 Å². The molecule has 0 aliphatic heterocycles. The molecule has 136 valence electrons. The second-order valence-corrected chi connectivity index (χ2v) is 7.85. The van der Waals surface area contributed by atoms with Crippen molar-refractivity contribution in [3.8, 4) is 0 Å². The summed E-state index contributed by atoms with van der Waals surface area (Å²) in [7, 11) is 4.30. The molecule has 0 atom stereocenters. The van der Waals surface area contributed by atoms with Crippen molar-refractivity contribution in [3.63, 3.8) is 0 Å². The van der Waals surface area contributed by atoms with Crippen molar-refractivity contribution >= 4 is 43.6 Å². The molecule has 5 rings (SSSR count). The van der Waals surface area contributed by atoms with Gasteiger partial charge in [-0.1, -0.05) is 36.4 Å². The molecule has 3 nitrogen and oxygen atoms in total. The lowest BCUT2D eigenvalue weighted by atomic mass is 9.95. The number of rotatable bonds is 4. The van der Waals surface area contributed by atoms with E-state index in [2.05, 4.69) is 84.4 Å². The van der Waals surface area contributed by atoms with Crippen LogP contribution in [0.4, 0.5) is 0 Å². The number of aromatic amines is 2. The molecule has 0 bridgehead atoms. The topological polar surface area (TPSA) is 34.8 Å². The third-order valence-electron chi connectivity index (χ3n) is 5.80. The Balaban J connectivity index is 1.91. The summed E-state index contributed by atoms with van der Waals surface area (Å²) in [6, 6.07) is 17.4. The predicted octanol–water partition coefficient (Wildman–Crippen LogP) is 5.76. The predicted molar refractivity (Wildman–Crippen MR) is 117 cm³/mol. The summed E-state index contributed by atoms with van der Waals surface area (Å²) in [4.78, 5) is 9.72. The molecule has 2 heterocycles. The second kappa shape index (κ2) is 6.14. The van der Waals surface area contributed by atoms with Crippen molar-refractivity contribution in [2.75, 3.05) is 20.6 Å². The second-order valence-electron chi connectivity index (χ2n) is 7.85. The van der Waals surface area contributed by atoms with Gasteiger partial charge in [0.15, 0.2) is 0 Å². The Hall–Kier alpha value is -2.78. The fraction of sp³-hybridized carbons (Fsp3) is 0.250. The van der Waals surface area contributed by atoms with Gasteiger partial charge in [-0.2, -0.15) is 0 Å². The van der Waals surface area contributed by atoms with Gasteiger partial charge in [-0.25, -0.2) is 0 Å². The van der Waals surface area contributed by atoms with Crippen molar-refractivity contribution in [2.45, 2.75) is 19.8 Å². The van der Waals surface area contributed by atoms with Crippen molar-refractivity contribution in [3.05, 3.63) is 59.7 Å². The van der Waals surface area contributed by atoms with E-state index in [4.69, 9.17) is 0 Å². The molecule has 2 N–H and O–H groups in total. The number of para-hydroxylation sites is 2. The molecule has 0 aliphatic carbocycles. The molecular formula is C24H25N3. The Morgan fingerprint density at radius 3 is 2.04 bits per heavy atom. The number of fused-ring (bicyclic) bond motifs is 6. The van der Waals surface area contributed by atoms with E-state index in [1.807, 2.05) is 0 Å². The molecule has 0 radical (unpaired) electrons. The number of nitrogens with zero attached hydrogens (tertiary/aromatic N) is 1. The lowest BCUT2D eigenvalue weighted by Crippen LogP contribution is -2.13. The normalized spacial score (nSPS) is 12.3. The van der Waals surface area contributed by atoms with Crippen molar-refractivity contribution in [2.24, 2.45) is 0 Å². The van der Waals surface area contributed by atoms with Crippen molar-refractivity contribution in [1.82, 2.24) is 14.9 Å². The van der Waals surface area contributed by atoms with Gasteiger partial charge in [-0.05, 0) is 63.7 Å². The van der Waals surface area contributed by atoms with Gasteiger partial charge in [-0.15, -0.1) is 0 Å². The Labute approximate surface area is 159 Å². The van der Waals surface area contributed by atoms with Crippen LogP contribution in [0.5, 0.6) is 0 Å². The van der Waals surface area contributed by atoms with E-state index in [1.54, 1.807) is 0 Å². The molecule has 0 saturated carbocycles. The molecule has 5 aromatic rings. The number of aromatic nitrogens is 2. The molecule has 0 aliphatic rings. The fourth-order valence-corrected chi connectivity index (χ4v) is 4.57. The van der Waals surface area contributed by atoms with E-state index >= 15 is 0 Å². The molecular weight excluding hydrogens is 330 g/mol. The molecule has 0 saturated heterocycles. The van der Waals surface area contributed by atoms with Gasteiger partial charge in [0.1, 0.15) is 0 Å². The first-order valence-electron chi connectivity index (χ1n) is 9.72. The van der Waals surface area contributed by atoms with E-state index in [0.29, 0.717) is 0 Å². The van der Waals surface area contributed by atoms with Crippen LogP contribution in [0.2, 0.25) is 0 Å². The summed E-state index contributed by atoms with van der Waals surface area (Å²) < 4.78 is 0. The monoisotopic (exact) mass is 355 g/mol. The van der Waals surface area contributed by atoms with Crippen LogP contribution in [0.25, 0.3) is 43.6 Å². The first kappa shape index (κ1) is 16.4. The van der Waals surface area contributed by atoms with Crippen LogP contribution in [0.3, 0.4) is 0 Å². The van der Waals surface area contributed by atoms with Gasteiger partial charge < -0.3 is 14.9 Å². The Kier molecular flexibility index (Phi) is 3.73. The number of aryl methyl sites for hydroxylation is 2. The Morgan fingerprint density at radius 1 is 0.778 bits per heavy atom. The zero-order chi connectivity index (χ0) is 18.5. The molecule has 3 aromatic carbocycles. The molecule has 0 fully saturated rings. The minimum Gasteiger partial charge on any atom is -0.354 e. The summed E-state index contributed by atoms with van der Waals surface area (Å²) in [6.45, 7) is 3.35. The largest absolute Gasteiger partial charge is 0.354 e. The Morgan fingerprint density at radius 2 is 1.37 bits per heavy atom. The number of hydrogen-bond donors (Lipinski definition) is 2. The highest BCUT2D eigenvalue weighted by Gasteiger charge is 2.19. The van der Waals surface area contributed by atoms with Crippen LogP contribution in [0.15, 0.2) is 48.5 Å². The lowest BCUT2D eigenvalue weighted by Gasteiger charge is -2.12. The van der Waals surface area contributed by atoms with Gasteiger partial charge in [0.25, 0.3) is 0 Å². The van der Waals surface area contributed by atoms with Crippen LogP contribution in [0.1, 0.15) is 17.5 Å². The maximum absolute atomic E-state index is 3.74. The molecule has 0 spiro atoms. The third kappa shape index (κ3) is 2.46. The quantitative estimate of drug-likeness (QED) is 0.422. The molecule has 27 heavy (non-hydrogen) atoms. The Bertz CT molecular complexity index is 1280. The summed E-state index contributed by atoms with van der Waals surface area (Å²) >= 11 is 0. The third-order valence-corrected chi connectivity index (χ3v) is 5.80. The maximum Gasteiger partial charge on any atom is 0.0507 e. The van der Waals surface area contributed by atoms with Crippen molar-refractivity contribution in [1.29, 1.82) is 0 Å². The number of hydrogen-bond acceptors (Lipinski definition) is 1. The molecule has 0 unspecified atom stereocenters. The fourth-order valence-electron chi connectivity index (χ4n) is 4.57. The SMILES string of the molecule is Cc1c2[nH]c3ccccc3c2c(CCCN(C)C)c2[nH]c3ccccc3c12. The average molecular weight is 355 g/mol. The summed E-state index contributed by atoms with van der Waals surface area (Å²) in [5.41, 5.74) is 7.83. The van der Waals surface area contributed by atoms with Crippen molar-refractivity contribution < 1.29 is 0 Å². The molecule has 2 aromatic heterocycles. The summed E-state index contributed by atoms with van der Waals surface area (Å²) in [5, 5.41) is 5.40. The van der Waals surface area contributed by atoms with Crippen LogP contribution < -0.4 is 0 Å². The van der Waals surface area contributed by atoms with Gasteiger partial charge >= 0.3 is 0 Å². The van der Waals surface area contributed by atoms with Crippen LogP contribution in [-0.4, -0.2) is 35.5 Å². The zero-order valence-corrected chi connectivity index (χ0v) is 16.2. The summed E-state index contributed by atoms with van der Waals surface area (Å²) in [5.74, 6) is 0. The highest BCUT2D eigenvalue weighted by molar-refractivity contribution is 6.21. The van der Waals surface area contributed by atoms with E-state index < -0.39 is 0 Å². The molecule has 3 heteroatoms. The van der Waals surface area contributed by atoms with Gasteiger partial charge in [0.05, 0.1) is 11.0 Å². The maximum atomic E-state index is 3.74. The van der Waals surface area contributed by atoms with Gasteiger partial charge in [-0.3, -0.25) is 0 Å². The standard InChI is InChI=1S/C24H25N3/c1-15-21-16-9-4-6-12-19(16)26-24(21)18(11-8-14-27(2)3)22-17-10-5-7-13-20(17)25-23(15)22/h4-7,9-10,12-13,25-26H,8,11,14H2,1-3H3. The minimum absolute atomic E-state index is 1.07. The van der Waals surface area contributed by atoms with E-state index in [-0.39, 0.29) is 0 Å². The smallest absolute Gasteiger partial charge is 0.0507 e. The van der Waals surface area contributed by atoms with E-state index in [0.717, 1.165) is 19.4 Å². The van der Waals surface area contributed by atoms with E-state index in [9.17, 15) is 0 Å². The average Bonchev–Trinajstić information content (AvgIpc) is 3.23. The highest BCUT2D eigenvalue weighted by Crippen LogP contribution is 2.40. The minimum atomic E-state index is 1.07. The highest BCUT2D eigenvalue weighted by atomic mass is 15.0. The van der Waals surface area contributed by atoms with E-state index in [1.165, 1.54) is 54.7 Å². The lowest BCUT2D eigenvalue weighted by molar-refractivity contribution is 0.401. The first-order valence-corrected chi connectivity index (χ1v) is 9.72.